The predicted molar refractivity (Wildman–Crippen MR) is 150 cm³/mol. The van der Waals surface area contributed by atoms with E-state index in [4.69, 9.17) is 28.4 Å². The molecule has 2 aliphatic rings. The van der Waals surface area contributed by atoms with E-state index in [2.05, 4.69) is 0 Å². The Morgan fingerprint density at radius 3 is 2.51 bits per heavy atom. The highest BCUT2D eigenvalue weighted by Crippen LogP contribution is 2.35. The first-order chi connectivity index (χ1) is 19.0. The average molecular weight is 578 g/mol. The third-order valence-corrected chi connectivity index (χ3v) is 6.44. The molecule has 1 aromatic rings. The van der Waals surface area contributed by atoms with Crippen LogP contribution in [-0.2, 0) is 28.5 Å². The minimum atomic E-state index is -1.98. The molecular weight excluding hydrogens is 537 g/mol. The van der Waals surface area contributed by atoms with Crippen LogP contribution in [0.5, 0.6) is 5.75 Å². The van der Waals surface area contributed by atoms with Crippen LogP contribution in [0.25, 0.3) is 6.08 Å². The number of ketones is 1. The third kappa shape index (κ3) is 8.15. The Labute approximate surface area is 240 Å². The summed E-state index contributed by atoms with van der Waals surface area (Å²) in [5.74, 6) is -2.52. The Morgan fingerprint density at radius 2 is 1.88 bits per heavy atom. The molecule has 2 aliphatic heterocycles. The summed E-state index contributed by atoms with van der Waals surface area (Å²) < 4.78 is 48.8. The molecule has 226 valence electrons. The molecule has 0 aliphatic carbocycles. The molecule has 3 rings (SSSR count). The van der Waals surface area contributed by atoms with E-state index in [0.717, 1.165) is 6.08 Å². The number of amides is 1. The van der Waals surface area contributed by atoms with E-state index < -0.39 is 53.7 Å². The standard InChI is InChI=1S/C30H40FNO9/c1-17-13-21(31)25(33)26-22(39-30(6,7)40-26)12-10-11-19-14-20(32(8)28(35)41-29(3,4)5)15-23(37-16-36-9)24(19)27(34)38-18(17)2/h10-11,13-15,18,21-22,26H,12,16H2,1-9H3/t18-,21?,22-,26-/m0/s1. The van der Waals surface area contributed by atoms with Crippen molar-refractivity contribution in [2.45, 2.75) is 90.8 Å². The molecular formula is C30H40FNO9. The number of benzene rings is 1. The normalized spacial score (nSPS) is 24.9. The van der Waals surface area contributed by atoms with Crippen LogP contribution in [0.4, 0.5) is 14.9 Å². The lowest BCUT2D eigenvalue weighted by molar-refractivity contribution is -0.156. The summed E-state index contributed by atoms with van der Waals surface area (Å²) in [5.41, 5.74) is 0.420. The van der Waals surface area contributed by atoms with Gasteiger partial charge in [0.25, 0.3) is 0 Å². The lowest BCUT2D eigenvalue weighted by Crippen LogP contribution is -2.37. The first-order valence-electron chi connectivity index (χ1n) is 13.4. The summed E-state index contributed by atoms with van der Waals surface area (Å²) in [6.07, 6.45) is -0.776. The van der Waals surface area contributed by atoms with Crippen LogP contribution in [0.2, 0.25) is 0 Å². The number of methoxy groups -OCH3 is 1. The monoisotopic (exact) mass is 577 g/mol. The highest BCUT2D eigenvalue weighted by molar-refractivity contribution is 5.99. The maximum Gasteiger partial charge on any atom is 0.414 e. The Hall–Kier alpha value is -3.28. The molecule has 0 N–H and O–H groups in total. The molecule has 1 unspecified atom stereocenters. The number of nitrogens with zero attached hydrogens (tertiary/aromatic N) is 1. The van der Waals surface area contributed by atoms with Gasteiger partial charge in [0, 0.05) is 20.2 Å². The van der Waals surface area contributed by atoms with Gasteiger partial charge in [-0.2, -0.15) is 0 Å². The number of allylic oxidation sites excluding steroid dienone is 1. The third-order valence-electron chi connectivity index (χ3n) is 6.44. The van der Waals surface area contributed by atoms with Gasteiger partial charge < -0.3 is 28.4 Å². The van der Waals surface area contributed by atoms with Gasteiger partial charge in [-0.25, -0.2) is 14.0 Å². The molecule has 2 heterocycles. The molecule has 0 spiro atoms. The first-order valence-corrected chi connectivity index (χ1v) is 13.4. The SMILES string of the molecule is COCOc1cc(N(C)C(=O)OC(C)(C)C)cc2c1C(=O)O[C@@H](C)C(C)=CC(F)C(=O)[C@H]1OC(C)(C)O[C@H]1CC=C2. The molecule has 1 fully saturated rings. The zero-order chi connectivity index (χ0) is 30.7. The molecule has 10 nitrogen and oxygen atoms in total. The van der Waals surface area contributed by atoms with Crippen molar-refractivity contribution in [3.05, 3.63) is 41.0 Å². The number of ether oxygens (including phenoxy) is 6. The van der Waals surface area contributed by atoms with Crippen LogP contribution >= 0.6 is 0 Å². The number of hydrogen-bond donors (Lipinski definition) is 0. The van der Waals surface area contributed by atoms with E-state index in [1.807, 2.05) is 0 Å². The first kappa shape index (κ1) is 32.2. The number of halogens is 1. The summed E-state index contributed by atoms with van der Waals surface area (Å²) in [6.45, 7) is 11.5. The van der Waals surface area contributed by atoms with E-state index >= 15 is 4.39 Å². The summed E-state index contributed by atoms with van der Waals surface area (Å²) in [5, 5.41) is 0. The summed E-state index contributed by atoms with van der Waals surface area (Å²) in [7, 11) is 2.97. The second-order valence-electron chi connectivity index (χ2n) is 11.5. The number of hydrogen-bond acceptors (Lipinski definition) is 9. The maximum absolute atomic E-state index is 15.1. The van der Waals surface area contributed by atoms with Gasteiger partial charge >= 0.3 is 12.1 Å². The van der Waals surface area contributed by atoms with Gasteiger partial charge in [-0.15, -0.1) is 0 Å². The zero-order valence-electron chi connectivity index (χ0n) is 25.1. The molecule has 1 aromatic carbocycles. The number of fused-ring (bicyclic) bond motifs is 2. The molecule has 11 heteroatoms. The van der Waals surface area contributed by atoms with E-state index in [1.54, 1.807) is 66.7 Å². The number of Topliss-reactive ketones (excluding diaryl/α,β-unsaturated/α-hetero) is 1. The lowest BCUT2D eigenvalue weighted by Gasteiger charge is -2.26. The minimum Gasteiger partial charge on any atom is -0.467 e. The van der Waals surface area contributed by atoms with Crippen LogP contribution in [0, 0.1) is 0 Å². The van der Waals surface area contributed by atoms with Gasteiger partial charge in [-0.05, 0) is 78.2 Å². The van der Waals surface area contributed by atoms with Crippen molar-refractivity contribution in [1.82, 2.24) is 0 Å². The van der Waals surface area contributed by atoms with Crippen LogP contribution < -0.4 is 9.64 Å². The Bertz CT molecular complexity index is 1220. The fourth-order valence-corrected chi connectivity index (χ4v) is 4.33. The van der Waals surface area contributed by atoms with Crippen molar-refractivity contribution in [3.63, 3.8) is 0 Å². The Balaban J connectivity index is 2.15. The van der Waals surface area contributed by atoms with Gasteiger partial charge in [0.15, 0.2) is 18.8 Å². The highest BCUT2D eigenvalue weighted by atomic mass is 19.1. The van der Waals surface area contributed by atoms with Gasteiger partial charge in [-0.1, -0.05) is 12.2 Å². The van der Waals surface area contributed by atoms with Crippen molar-refractivity contribution in [2.24, 2.45) is 0 Å². The number of esters is 1. The topological polar surface area (TPSA) is 110 Å². The number of alkyl halides is 1. The fourth-order valence-electron chi connectivity index (χ4n) is 4.33. The van der Waals surface area contributed by atoms with Gasteiger partial charge in [0.2, 0.25) is 5.78 Å². The molecule has 0 aromatic heterocycles. The molecule has 41 heavy (non-hydrogen) atoms. The number of rotatable bonds is 4. The van der Waals surface area contributed by atoms with Gasteiger partial charge in [0.1, 0.15) is 29.1 Å². The molecule has 1 amide bonds. The van der Waals surface area contributed by atoms with Crippen LogP contribution in [0.3, 0.4) is 0 Å². The average Bonchev–Trinajstić information content (AvgIpc) is 3.18. The highest BCUT2D eigenvalue weighted by Gasteiger charge is 2.46. The fraction of sp³-hybridized carbons (Fsp3) is 0.567. The summed E-state index contributed by atoms with van der Waals surface area (Å²) in [6, 6.07) is 3.13. The molecule has 4 atom stereocenters. The van der Waals surface area contributed by atoms with Crippen LogP contribution in [0.15, 0.2) is 29.9 Å². The molecule has 0 saturated carbocycles. The number of carbonyl (C=O) groups excluding carboxylic acids is 3. The predicted octanol–water partition coefficient (Wildman–Crippen LogP) is 5.38. The van der Waals surface area contributed by atoms with E-state index in [9.17, 15) is 14.4 Å². The quantitative estimate of drug-likeness (QED) is 0.265. The van der Waals surface area contributed by atoms with Gasteiger partial charge in [-0.3, -0.25) is 9.69 Å². The number of carbonyl (C=O) groups is 3. The second kappa shape index (κ2) is 12.7. The maximum atomic E-state index is 15.1. The molecule has 0 radical (unpaired) electrons. The lowest BCUT2D eigenvalue weighted by atomic mass is 9.99. The number of cyclic esters (lactones) is 1. The zero-order valence-corrected chi connectivity index (χ0v) is 25.1. The van der Waals surface area contributed by atoms with Crippen LogP contribution in [-0.4, -0.2) is 74.7 Å². The number of anilines is 1. The second-order valence-corrected chi connectivity index (χ2v) is 11.5. The Morgan fingerprint density at radius 1 is 1.20 bits per heavy atom. The van der Waals surface area contributed by atoms with E-state index in [0.29, 0.717) is 16.8 Å². The Kier molecular flexibility index (Phi) is 9.99. The molecule has 1 saturated heterocycles. The van der Waals surface area contributed by atoms with E-state index in [1.165, 1.54) is 25.1 Å². The van der Waals surface area contributed by atoms with Crippen molar-refractivity contribution >= 4 is 29.6 Å². The largest absolute Gasteiger partial charge is 0.467 e. The molecule has 0 bridgehead atoms. The minimum absolute atomic E-state index is 0.0738. The van der Waals surface area contributed by atoms with E-state index in [-0.39, 0.29) is 24.5 Å². The van der Waals surface area contributed by atoms with Crippen LogP contribution in [0.1, 0.15) is 70.8 Å². The van der Waals surface area contributed by atoms with Crippen molar-refractivity contribution in [1.29, 1.82) is 0 Å². The van der Waals surface area contributed by atoms with Crippen molar-refractivity contribution < 1.29 is 47.2 Å². The smallest absolute Gasteiger partial charge is 0.414 e. The summed E-state index contributed by atoms with van der Waals surface area (Å²) in [4.78, 5) is 40.6. The van der Waals surface area contributed by atoms with Gasteiger partial charge in [0.05, 0.1) is 11.8 Å². The van der Waals surface area contributed by atoms with Crippen molar-refractivity contribution in [3.8, 4) is 5.75 Å². The van der Waals surface area contributed by atoms with Crippen molar-refractivity contribution in [2.75, 3.05) is 25.9 Å². The summed E-state index contributed by atoms with van der Waals surface area (Å²) >= 11 is 0.